The second-order valence-corrected chi connectivity index (χ2v) is 6.02. The lowest BCUT2D eigenvalue weighted by molar-refractivity contribution is 0.0527. The predicted octanol–water partition coefficient (Wildman–Crippen LogP) is 2.40. The number of anilines is 1. The van der Waals surface area contributed by atoms with Crippen LogP contribution in [0.2, 0.25) is 0 Å². The first-order valence-electron chi connectivity index (χ1n) is 7.67. The molecule has 9 heteroatoms. The Morgan fingerprint density at radius 1 is 1.20 bits per heavy atom. The van der Waals surface area contributed by atoms with Crippen molar-refractivity contribution in [2.24, 2.45) is 7.05 Å². The molecule has 25 heavy (non-hydrogen) atoms. The first kappa shape index (κ1) is 18.7. The number of ether oxygens (including phenoxy) is 2. The number of esters is 2. The zero-order valence-corrected chi connectivity index (χ0v) is 15.2. The molecule has 0 atom stereocenters. The SMILES string of the molecule is CCOC(=O)c1sc(NC(=O)c2ccnn2C)c(C(=O)OCC)c1C. The van der Waals surface area contributed by atoms with Gasteiger partial charge in [0.25, 0.3) is 5.91 Å². The molecule has 0 saturated heterocycles. The fraction of sp³-hybridized carbons (Fsp3) is 0.375. The van der Waals surface area contributed by atoms with Gasteiger partial charge in [-0.3, -0.25) is 9.48 Å². The topological polar surface area (TPSA) is 99.5 Å². The fourth-order valence-electron chi connectivity index (χ4n) is 2.21. The smallest absolute Gasteiger partial charge is 0.348 e. The Morgan fingerprint density at radius 2 is 1.84 bits per heavy atom. The predicted molar refractivity (Wildman–Crippen MR) is 92.1 cm³/mol. The number of nitrogens with one attached hydrogen (secondary N) is 1. The molecule has 134 valence electrons. The Balaban J connectivity index is 2.42. The van der Waals surface area contributed by atoms with Gasteiger partial charge < -0.3 is 14.8 Å². The van der Waals surface area contributed by atoms with Crippen molar-refractivity contribution in [1.29, 1.82) is 0 Å². The molecule has 0 unspecified atom stereocenters. The Hall–Kier alpha value is -2.68. The number of carbonyl (C=O) groups is 3. The summed E-state index contributed by atoms with van der Waals surface area (Å²) in [6, 6.07) is 1.55. The van der Waals surface area contributed by atoms with Crippen LogP contribution in [0.1, 0.15) is 49.9 Å². The molecule has 2 aromatic heterocycles. The Kier molecular flexibility index (Phi) is 5.92. The molecule has 1 N–H and O–H groups in total. The van der Waals surface area contributed by atoms with E-state index in [4.69, 9.17) is 9.47 Å². The third-order valence-electron chi connectivity index (χ3n) is 3.37. The summed E-state index contributed by atoms with van der Waals surface area (Å²) in [6.45, 7) is 5.38. The molecule has 1 amide bonds. The average molecular weight is 365 g/mol. The highest BCUT2D eigenvalue weighted by atomic mass is 32.1. The van der Waals surface area contributed by atoms with Crippen LogP contribution in [-0.2, 0) is 16.5 Å². The summed E-state index contributed by atoms with van der Waals surface area (Å²) < 4.78 is 11.5. The van der Waals surface area contributed by atoms with Crippen LogP contribution in [0.25, 0.3) is 0 Å². The van der Waals surface area contributed by atoms with E-state index in [2.05, 4.69) is 10.4 Å². The van der Waals surface area contributed by atoms with E-state index in [9.17, 15) is 14.4 Å². The maximum absolute atomic E-state index is 12.4. The Labute approximate surface area is 148 Å². The van der Waals surface area contributed by atoms with E-state index in [1.54, 1.807) is 33.9 Å². The fourth-order valence-corrected chi connectivity index (χ4v) is 3.29. The van der Waals surface area contributed by atoms with Gasteiger partial charge in [0, 0.05) is 13.2 Å². The van der Waals surface area contributed by atoms with E-state index < -0.39 is 17.8 Å². The quantitative estimate of drug-likeness (QED) is 0.789. The first-order valence-corrected chi connectivity index (χ1v) is 8.49. The molecule has 0 radical (unpaired) electrons. The summed E-state index contributed by atoms with van der Waals surface area (Å²) in [7, 11) is 1.63. The van der Waals surface area contributed by atoms with Gasteiger partial charge in [0.05, 0.1) is 18.8 Å². The lowest BCUT2D eigenvalue weighted by Crippen LogP contribution is -2.17. The lowest BCUT2D eigenvalue weighted by Gasteiger charge is -2.07. The molecule has 0 saturated carbocycles. The summed E-state index contributed by atoms with van der Waals surface area (Å²) in [6.07, 6.45) is 1.49. The van der Waals surface area contributed by atoms with Crippen LogP contribution >= 0.6 is 11.3 Å². The minimum atomic E-state index is -0.605. The summed E-state index contributed by atoms with van der Waals surface area (Å²) >= 11 is 0.983. The Bertz CT molecular complexity index is 809. The molecular weight excluding hydrogens is 346 g/mol. The number of thiophene rings is 1. The maximum Gasteiger partial charge on any atom is 0.348 e. The molecule has 0 aliphatic rings. The highest BCUT2D eigenvalue weighted by Crippen LogP contribution is 2.34. The normalized spacial score (nSPS) is 10.4. The van der Waals surface area contributed by atoms with Gasteiger partial charge >= 0.3 is 11.9 Å². The van der Waals surface area contributed by atoms with Gasteiger partial charge in [-0.15, -0.1) is 11.3 Å². The number of hydrogen-bond donors (Lipinski definition) is 1. The second-order valence-electron chi connectivity index (χ2n) is 5.00. The Morgan fingerprint density at radius 3 is 2.40 bits per heavy atom. The number of aromatic nitrogens is 2. The number of rotatable bonds is 6. The zero-order valence-electron chi connectivity index (χ0n) is 14.4. The van der Waals surface area contributed by atoms with Gasteiger partial charge in [-0.1, -0.05) is 0 Å². The van der Waals surface area contributed by atoms with E-state index in [0.717, 1.165) is 11.3 Å². The van der Waals surface area contributed by atoms with Crippen LogP contribution in [0.15, 0.2) is 12.3 Å². The summed E-state index contributed by atoms with van der Waals surface area (Å²) in [5.41, 5.74) is 0.895. The number of hydrogen-bond acceptors (Lipinski definition) is 7. The van der Waals surface area contributed by atoms with Gasteiger partial charge in [0.2, 0.25) is 0 Å². The van der Waals surface area contributed by atoms with Gasteiger partial charge in [-0.25, -0.2) is 9.59 Å². The van der Waals surface area contributed by atoms with E-state index in [1.807, 2.05) is 0 Å². The zero-order chi connectivity index (χ0) is 18.6. The minimum absolute atomic E-state index is 0.158. The van der Waals surface area contributed by atoms with Crippen LogP contribution < -0.4 is 5.32 Å². The standard InChI is InChI=1S/C16H19N3O5S/c1-5-23-15(21)11-9(3)12(16(22)24-6-2)25-14(11)18-13(20)10-7-8-17-19(10)4/h7-8H,5-6H2,1-4H3,(H,18,20). The number of aryl methyl sites for hydroxylation is 1. The average Bonchev–Trinajstić information content (AvgIpc) is 3.11. The van der Waals surface area contributed by atoms with Crippen molar-refractivity contribution in [1.82, 2.24) is 9.78 Å². The molecule has 0 fully saturated rings. The van der Waals surface area contributed by atoms with Gasteiger partial charge in [0.15, 0.2) is 0 Å². The molecule has 2 heterocycles. The van der Waals surface area contributed by atoms with Crippen molar-refractivity contribution >= 4 is 34.2 Å². The first-order chi connectivity index (χ1) is 11.9. The summed E-state index contributed by atoms with van der Waals surface area (Å²) in [5.74, 6) is -1.59. The van der Waals surface area contributed by atoms with Gasteiger partial charge in [0.1, 0.15) is 15.6 Å². The number of amides is 1. The maximum atomic E-state index is 12.4. The molecule has 2 rings (SSSR count). The molecule has 8 nitrogen and oxygen atoms in total. The highest BCUT2D eigenvalue weighted by Gasteiger charge is 2.27. The second kappa shape index (κ2) is 7.93. The van der Waals surface area contributed by atoms with E-state index in [0.29, 0.717) is 11.3 Å². The molecule has 2 aromatic rings. The lowest BCUT2D eigenvalue weighted by atomic mass is 10.1. The van der Waals surface area contributed by atoms with Gasteiger partial charge in [-0.05, 0) is 32.4 Å². The third kappa shape index (κ3) is 3.87. The summed E-state index contributed by atoms with van der Waals surface area (Å²) in [5, 5.41) is 6.84. The molecule has 0 aliphatic heterocycles. The van der Waals surface area contributed by atoms with Crippen LogP contribution in [0, 0.1) is 6.92 Å². The van der Waals surface area contributed by atoms with Crippen molar-refractivity contribution in [2.45, 2.75) is 20.8 Å². The number of carbonyl (C=O) groups excluding carboxylic acids is 3. The van der Waals surface area contributed by atoms with Crippen molar-refractivity contribution in [3.05, 3.63) is 34.0 Å². The monoisotopic (exact) mass is 365 g/mol. The minimum Gasteiger partial charge on any atom is -0.462 e. The molecule has 0 bridgehead atoms. The van der Waals surface area contributed by atoms with Crippen molar-refractivity contribution in [3.8, 4) is 0 Å². The third-order valence-corrected chi connectivity index (χ3v) is 4.56. The molecule has 0 aromatic carbocycles. The van der Waals surface area contributed by atoms with Crippen LogP contribution in [0.5, 0.6) is 0 Å². The van der Waals surface area contributed by atoms with Crippen molar-refractivity contribution in [2.75, 3.05) is 18.5 Å². The number of nitrogens with zero attached hydrogens (tertiary/aromatic N) is 2. The largest absolute Gasteiger partial charge is 0.462 e. The van der Waals surface area contributed by atoms with Crippen LogP contribution in [-0.4, -0.2) is 40.8 Å². The van der Waals surface area contributed by atoms with Crippen LogP contribution in [0.4, 0.5) is 5.00 Å². The van der Waals surface area contributed by atoms with Crippen molar-refractivity contribution in [3.63, 3.8) is 0 Å². The van der Waals surface area contributed by atoms with E-state index >= 15 is 0 Å². The molecule has 0 aliphatic carbocycles. The van der Waals surface area contributed by atoms with Crippen molar-refractivity contribution < 1.29 is 23.9 Å². The van der Waals surface area contributed by atoms with Crippen LogP contribution in [0.3, 0.4) is 0 Å². The molecule has 0 spiro atoms. The van der Waals surface area contributed by atoms with E-state index in [-0.39, 0.29) is 28.7 Å². The van der Waals surface area contributed by atoms with E-state index in [1.165, 1.54) is 10.9 Å². The molecular formula is C16H19N3O5S. The summed E-state index contributed by atoms with van der Waals surface area (Å²) in [4.78, 5) is 37.0. The highest BCUT2D eigenvalue weighted by molar-refractivity contribution is 7.18. The van der Waals surface area contributed by atoms with Gasteiger partial charge in [-0.2, -0.15) is 5.10 Å².